The molecule has 0 radical (unpaired) electrons. The predicted octanol–water partition coefficient (Wildman–Crippen LogP) is 3.31. The Labute approximate surface area is 159 Å². The Balaban J connectivity index is 2.21. The van der Waals surface area contributed by atoms with Gasteiger partial charge in [-0.25, -0.2) is 0 Å². The van der Waals surface area contributed by atoms with E-state index in [0.29, 0.717) is 12.2 Å². The highest BCUT2D eigenvalue weighted by atomic mass is 16.6. The standard InChI is InChI=1S/C20H26N4O3/c1-14(2)20(3,13-21)23-19(25)16-9-10-17(18(11-16)24(26)27)22-12-15-7-5-4-6-8-15/h4-11,14,22H,12-13,21H2,1-3H3,(H,23,25). The largest absolute Gasteiger partial charge is 0.375 e. The van der Waals surface area contributed by atoms with Gasteiger partial charge in [-0.3, -0.25) is 14.9 Å². The van der Waals surface area contributed by atoms with Gasteiger partial charge in [0.2, 0.25) is 0 Å². The number of benzene rings is 2. The molecular weight excluding hydrogens is 344 g/mol. The number of carbonyl (C=O) groups excluding carboxylic acids is 1. The van der Waals surface area contributed by atoms with Gasteiger partial charge in [0.25, 0.3) is 11.6 Å². The highest BCUT2D eigenvalue weighted by Crippen LogP contribution is 2.27. The van der Waals surface area contributed by atoms with E-state index in [1.54, 1.807) is 12.1 Å². The van der Waals surface area contributed by atoms with E-state index in [2.05, 4.69) is 10.6 Å². The Kier molecular flexibility index (Phi) is 6.52. The molecule has 0 aliphatic carbocycles. The van der Waals surface area contributed by atoms with Crippen molar-refractivity contribution in [2.24, 2.45) is 11.7 Å². The molecule has 0 aliphatic rings. The third-order valence-electron chi connectivity index (χ3n) is 4.88. The molecule has 7 heteroatoms. The van der Waals surface area contributed by atoms with Crippen LogP contribution in [0.2, 0.25) is 0 Å². The Hall–Kier alpha value is -2.93. The van der Waals surface area contributed by atoms with Crippen molar-refractivity contribution in [3.63, 3.8) is 0 Å². The van der Waals surface area contributed by atoms with Gasteiger partial charge < -0.3 is 16.4 Å². The van der Waals surface area contributed by atoms with Crippen molar-refractivity contribution < 1.29 is 9.72 Å². The summed E-state index contributed by atoms with van der Waals surface area (Å²) >= 11 is 0. The second-order valence-corrected chi connectivity index (χ2v) is 7.06. The van der Waals surface area contributed by atoms with E-state index in [1.807, 2.05) is 51.1 Å². The zero-order valence-corrected chi connectivity index (χ0v) is 15.9. The summed E-state index contributed by atoms with van der Waals surface area (Å²) in [6.07, 6.45) is 0. The third kappa shape index (κ3) is 5.04. The molecule has 0 fully saturated rings. The lowest BCUT2D eigenvalue weighted by Gasteiger charge is -2.33. The molecular formula is C20H26N4O3. The maximum absolute atomic E-state index is 12.6. The predicted molar refractivity (Wildman–Crippen MR) is 107 cm³/mol. The number of nitro benzene ring substituents is 1. The number of hydrogen-bond donors (Lipinski definition) is 3. The van der Waals surface area contributed by atoms with Gasteiger partial charge in [-0.05, 0) is 30.5 Å². The minimum absolute atomic E-state index is 0.119. The molecule has 7 nitrogen and oxygen atoms in total. The Morgan fingerprint density at radius 1 is 1.22 bits per heavy atom. The number of hydrogen-bond acceptors (Lipinski definition) is 5. The Bertz CT molecular complexity index is 808. The summed E-state index contributed by atoms with van der Waals surface area (Å²) in [4.78, 5) is 23.6. The van der Waals surface area contributed by atoms with Crippen LogP contribution in [0, 0.1) is 16.0 Å². The first-order valence-electron chi connectivity index (χ1n) is 8.85. The van der Waals surface area contributed by atoms with Crippen LogP contribution in [-0.2, 0) is 6.54 Å². The fraction of sp³-hybridized carbons (Fsp3) is 0.350. The van der Waals surface area contributed by atoms with Gasteiger partial charge in [0.05, 0.1) is 10.5 Å². The van der Waals surface area contributed by atoms with Crippen LogP contribution in [0.5, 0.6) is 0 Å². The third-order valence-corrected chi connectivity index (χ3v) is 4.88. The van der Waals surface area contributed by atoms with Crippen LogP contribution in [0.4, 0.5) is 11.4 Å². The van der Waals surface area contributed by atoms with E-state index in [1.165, 1.54) is 6.07 Å². The van der Waals surface area contributed by atoms with E-state index in [0.717, 1.165) is 5.56 Å². The lowest BCUT2D eigenvalue weighted by atomic mass is 9.88. The van der Waals surface area contributed by atoms with E-state index in [-0.39, 0.29) is 29.6 Å². The van der Waals surface area contributed by atoms with Crippen molar-refractivity contribution in [1.29, 1.82) is 0 Å². The maximum atomic E-state index is 12.6. The van der Waals surface area contributed by atoms with Gasteiger partial charge >= 0.3 is 0 Å². The lowest BCUT2D eigenvalue weighted by molar-refractivity contribution is -0.384. The summed E-state index contributed by atoms with van der Waals surface area (Å²) in [5.74, 6) is -0.261. The molecule has 1 amide bonds. The van der Waals surface area contributed by atoms with Gasteiger partial charge in [0, 0.05) is 24.7 Å². The van der Waals surface area contributed by atoms with Crippen LogP contribution in [0.25, 0.3) is 0 Å². The number of rotatable bonds is 8. The van der Waals surface area contributed by atoms with Crippen molar-refractivity contribution in [3.05, 3.63) is 69.8 Å². The molecule has 0 heterocycles. The molecule has 4 N–H and O–H groups in total. The topological polar surface area (TPSA) is 110 Å². The molecule has 0 saturated heterocycles. The smallest absolute Gasteiger partial charge is 0.293 e. The summed E-state index contributed by atoms with van der Waals surface area (Å²) in [5.41, 5.74) is 6.67. The number of carbonyl (C=O) groups is 1. The maximum Gasteiger partial charge on any atom is 0.293 e. The number of nitrogens with one attached hydrogen (secondary N) is 2. The Morgan fingerprint density at radius 2 is 1.89 bits per heavy atom. The second-order valence-electron chi connectivity index (χ2n) is 7.06. The number of nitrogens with two attached hydrogens (primary N) is 1. The SMILES string of the molecule is CC(C)C(C)(CN)NC(=O)c1ccc(NCc2ccccc2)c([N+](=O)[O-])c1. The van der Waals surface area contributed by atoms with Crippen LogP contribution < -0.4 is 16.4 Å². The molecule has 2 aromatic carbocycles. The zero-order chi connectivity index (χ0) is 20.0. The summed E-state index contributed by atoms with van der Waals surface area (Å²) < 4.78 is 0. The summed E-state index contributed by atoms with van der Waals surface area (Å²) in [7, 11) is 0. The second kappa shape index (κ2) is 8.64. The first kappa shape index (κ1) is 20.4. The number of amides is 1. The quantitative estimate of drug-likeness (QED) is 0.488. The van der Waals surface area contributed by atoms with Crippen molar-refractivity contribution in [3.8, 4) is 0 Å². The highest BCUT2D eigenvalue weighted by Gasteiger charge is 2.29. The van der Waals surface area contributed by atoms with E-state index in [4.69, 9.17) is 5.73 Å². The highest BCUT2D eigenvalue weighted by molar-refractivity contribution is 5.96. The van der Waals surface area contributed by atoms with Crippen LogP contribution in [0.15, 0.2) is 48.5 Å². The van der Waals surface area contributed by atoms with Crippen molar-refractivity contribution >= 4 is 17.3 Å². The van der Waals surface area contributed by atoms with E-state index < -0.39 is 10.5 Å². The lowest BCUT2D eigenvalue weighted by Crippen LogP contribution is -2.55. The molecule has 0 aromatic heterocycles. The minimum Gasteiger partial charge on any atom is -0.375 e. The molecule has 1 unspecified atom stereocenters. The van der Waals surface area contributed by atoms with Gasteiger partial charge in [0.15, 0.2) is 0 Å². The average molecular weight is 370 g/mol. The van der Waals surface area contributed by atoms with Gasteiger partial charge in [-0.2, -0.15) is 0 Å². The van der Waals surface area contributed by atoms with Crippen LogP contribution in [0.1, 0.15) is 36.7 Å². The molecule has 144 valence electrons. The summed E-state index contributed by atoms with van der Waals surface area (Å²) in [6.45, 7) is 6.51. The monoisotopic (exact) mass is 370 g/mol. The molecule has 0 aliphatic heterocycles. The fourth-order valence-electron chi connectivity index (χ4n) is 2.53. The molecule has 27 heavy (non-hydrogen) atoms. The van der Waals surface area contributed by atoms with Crippen molar-refractivity contribution in [1.82, 2.24) is 5.32 Å². The summed E-state index contributed by atoms with van der Waals surface area (Å²) in [5, 5.41) is 17.4. The zero-order valence-electron chi connectivity index (χ0n) is 15.9. The molecule has 2 aromatic rings. The van der Waals surface area contributed by atoms with Gasteiger partial charge in [-0.1, -0.05) is 44.2 Å². The van der Waals surface area contributed by atoms with Crippen LogP contribution >= 0.6 is 0 Å². The number of nitrogens with zero attached hydrogens (tertiary/aromatic N) is 1. The summed E-state index contributed by atoms with van der Waals surface area (Å²) in [6, 6.07) is 14.0. The Morgan fingerprint density at radius 3 is 2.44 bits per heavy atom. The normalized spacial score (nSPS) is 13.1. The van der Waals surface area contributed by atoms with Crippen LogP contribution in [0.3, 0.4) is 0 Å². The van der Waals surface area contributed by atoms with Crippen molar-refractivity contribution in [2.45, 2.75) is 32.9 Å². The first-order valence-corrected chi connectivity index (χ1v) is 8.85. The molecule has 1 atom stereocenters. The van der Waals surface area contributed by atoms with Crippen LogP contribution in [-0.4, -0.2) is 22.9 Å². The van der Waals surface area contributed by atoms with Gasteiger partial charge in [0.1, 0.15) is 5.69 Å². The van der Waals surface area contributed by atoms with E-state index in [9.17, 15) is 14.9 Å². The number of anilines is 1. The molecule has 0 spiro atoms. The molecule has 0 bridgehead atoms. The van der Waals surface area contributed by atoms with Gasteiger partial charge in [-0.15, -0.1) is 0 Å². The first-order chi connectivity index (χ1) is 12.8. The fourth-order valence-corrected chi connectivity index (χ4v) is 2.53. The van der Waals surface area contributed by atoms with E-state index >= 15 is 0 Å². The average Bonchev–Trinajstić information content (AvgIpc) is 2.66. The molecule has 0 saturated carbocycles. The number of nitro groups is 1. The molecule has 2 rings (SSSR count). The minimum atomic E-state index is -0.587. The van der Waals surface area contributed by atoms with Crippen molar-refractivity contribution in [2.75, 3.05) is 11.9 Å².